The Hall–Kier alpha value is -1.07. The highest BCUT2D eigenvalue weighted by molar-refractivity contribution is 9.10. The number of carbonyl (C=O) groups is 1. The number of aldehydes is 1. The van der Waals surface area contributed by atoms with Gasteiger partial charge in [-0.15, -0.1) is 0 Å². The van der Waals surface area contributed by atoms with Crippen LogP contribution in [0, 0.1) is 0 Å². The molecule has 1 unspecified atom stereocenters. The summed E-state index contributed by atoms with van der Waals surface area (Å²) in [7, 11) is 0. The lowest BCUT2D eigenvalue weighted by molar-refractivity contribution is 0.111. The van der Waals surface area contributed by atoms with Crippen molar-refractivity contribution in [2.24, 2.45) is 0 Å². The van der Waals surface area contributed by atoms with Gasteiger partial charge in [0.05, 0.1) is 5.56 Å². The third kappa shape index (κ3) is 1.91. The predicted octanol–water partition coefficient (Wildman–Crippen LogP) is 2.46. The zero-order valence-corrected chi connectivity index (χ0v) is 11.5. The lowest BCUT2D eigenvalue weighted by Crippen LogP contribution is -2.28. The summed E-state index contributed by atoms with van der Waals surface area (Å²) in [6.45, 7) is 2.20. The van der Waals surface area contributed by atoms with Crippen LogP contribution in [0.2, 0.25) is 0 Å². The molecule has 0 aromatic heterocycles. The van der Waals surface area contributed by atoms with Crippen molar-refractivity contribution in [3.8, 4) is 11.5 Å². The molecule has 1 fully saturated rings. The Morgan fingerprint density at radius 3 is 2.94 bits per heavy atom. The third-order valence-electron chi connectivity index (χ3n) is 3.49. The number of rotatable bonds is 2. The van der Waals surface area contributed by atoms with Gasteiger partial charge >= 0.3 is 0 Å². The van der Waals surface area contributed by atoms with Crippen molar-refractivity contribution in [1.29, 1.82) is 0 Å². The standard InChI is InChI=1S/C13H14BrNO3/c14-10-4-9(6-16)12-13(18-7-17-12)11(10)8-2-1-3-15-5-8/h4,6,8,15H,1-3,5,7H2. The van der Waals surface area contributed by atoms with Gasteiger partial charge in [0.1, 0.15) is 0 Å². The van der Waals surface area contributed by atoms with Crippen LogP contribution < -0.4 is 14.8 Å². The molecule has 2 aliphatic rings. The van der Waals surface area contributed by atoms with Crippen LogP contribution in [0.4, 0.5) is 0 Å². The minimum Gasteiger partial charge on any atom is -0.453 e. The summed E-state index contributed by atoms with van der Waals surface area (Å²) in [5, 5.41) is 3.39. The van der Waals surface area contributed by atoms with Gasteiger partial charge in [0.15, 0.2) is 17.8 Å². The second kappa shape index (κ2) is 4.90. The van der Waals surface area contributed by atoms with Crippen molar-refractivity contribution in [3.63, 3.8) is 0 Å². The van der Waals surface area contributed by atoms with Crippen LogP contribution in [-0.2, 0) is 0 Å². The van der Waals surface area contributed by atoms with Crippen molar-refractivity contribution in [3.05, 3.63) is 21.7 Å². The first-order valence-electron chi connectivity index (χ1n) is 6.09. The summed E-state index contributed by atoms with van der Waals surface area (Å²) in [6.07, 6.45) is 3.09. The van der Waals surface area contributed by atoms with E-state index in [1.165, 1.54) is 0 Å². The molecule has 1 atom stereocenters. The van der Waals surface area contributed by atoms with Crippen LogP contribution in [0.5, 0.6) is 11.5 Å². The zero-order valence-electron chi connectivity index (χ0n) is 9.87. The molecule has 1 aromatic rings. The molecular formula is C13H14BrNO3. The number of piperidine rings is 1. The van der Waals surface area contributed by atoms with Gasteiger partial charge in [0, 0.05) is 22.5 Å². The van der Waals surface area contributed by atoms with Crippen LogP contribution in [0.1, 0.15) is 34.7 Å². The van der Waals surface area contributed by atoms with Crippen LogP contribution in [-0.4, -0.2) is 26.2 Å². The van der Waals surface area contributed by atoms with Crippen LogP contribution in [0.25, 0.3) is 0 Å². The van der Waals surface area contributed by atoms with E-state index in [-0.39, 0.29) is 6.79 Å². The van der Waals surface area contributed by atoms with Crippen LogP contribution in [0.3, 0.4) is 0 Å². The smallest absolute Gasteiger partial charge is 0.231 e. The van der Waals surface area contributed by atoms with Crippen molar-refractivity contribution in [1.82, 2.24) is 5.32 Å². The average molecular weight is 312 g/mol. The van der Waals surface area contributed by atoms with E-state index < -0.39 is 0 Å². The SMILES string of the molecule is O=Cc1cc(Br)c(C2CCCNC2)c2c1OCO2. The molecule has 1 N–H and O–H groups in total. The van der Waals surface area contributed by atoms with Crippen LogP contribution in [0.15, 0.2) is 10.5 Å². The summed E-state index contributed by atoms with van der Waals surface area (Å²) < 4.78 is 11.9. The number of fused-ring (bicyclic) bond motifs is 1. The Kier molecular flexibility index (Phi) is 3.26. The fourth-order valence-corrected chi connectivity index (χ4v) is 3.40. The van der Waals surface area contributed by atoms with Crippen molar-refractivity contribution in [2.45, 2.75) is 18.8 Å². The Morgan fingerprint density at radius 1 is 1.39 bits per heavy atom. The molecular weight excluding hydrogens is 298 g/mol. The molecule has 3 rings (SSSR count). The first-order chi connectivity index (χ1) is 8.81. The third-order valence-corrected chi connectivity index (χ3v) is 4.15. The van der Waals surface area contributed by atoms with Gasteiger partial charge in [0.25, 0.3) is 0 Å². The molecule has 2 aliphatic heterocycles. The van der Waals surface area contributed by atoms with E-state index in [0.717, 1.165) is 48.0 Å². The fourth-order valence-electron chi connectivity index (χ4n) is 2.65. The van der Waals surface area contributed by atoms with E-state index in [2.05, 4.69) is 21.2 Å². The molecule has 0 radical (unpaired) electrons. The minimum absolute atomic E-state index is 0.194. The van der Waals surface area contributed by atoms with Crippen molar-refractivity contribution in [2.75, 3.05) is 19.9 Å². The van der Waals surface area contributed by atoms with Crippen LogP contribution >= 0.6 is 15.9 Å². The quantitative estimate of drug-likeness (QED) is 0.852. The lowest BCUT2D eigenvalue weighted by atomic mass is 9.90. The summed E-state index contributed by atoms with van der Waals surface area (Å²) >= 11 is 3.55. The predicted molar refractivity (Wildman–Crippen MR) is 70.5 cm³/mol. The number of ether oxygens (including phenoxy) is 2. The van der Waals surface area contributed by atoms with Gasteiger partial charge in [-0.3, -0.25) is 4.79 Å². The maximum absolute atomic E-state index is 11.0. The highest BCUT2D eigenvalue weighted by Gasteiger charge is 2.29. The fraction of sp³-hybridized carbons (Fsp3) is 0.462. The van der Waals surface area contributed by atoms with E-state index in [1.807, 2.05) is 6.07 Å². The summed E-state index contributed by atoms with van der Waals surface area (Å²) in [6, 6.07) is 1.82. The van der Waals surface area contributed by atoms with Gasteiger partial charge in [-0.2, -0.15) is 0 Å². The molecule has 0 saturated carbocycles. The van der Waals surface area contributed by atoms with Gasteiger partial charge in [-0.05, 0) is 25.5 Å². The highest BCUT2D eigenvalue weighted by Crippen LogP contribution is 2.46. The van der Waals surface area contributed by atoms with Gasteiger partial charge in [0.2, 0.25) is 6.79 Å². The molecule has 18 heavy (non-hydrogen) atoms. The molecule has 4 nitrogen and oxygen atoms in total. The summed E-state index contributed by atoms with van der Waals surface area (Å²) in [5.74, 6) is 1.73. The molecule has 0 aliphatic carbocycles. The minimum atomic E-state index is 0.194. The summed E-state index contributed by atoms with van der Waals surface area (Å²) in [4.78, 5) is 11.0. The molecule has 0 spiro atoms. The molecule has 5 heteroatoms. The monoisotopic (exact) mass is 311 g/mol. The normalized spacial score (nSPS) is 21.9. The van der Waals surface area contributed by atoms with E-state index in [1.54, 1.807) is 0 Å². The Labute approximate surface area is 114 Å². The summed E-state index contributed by atoms with van der Waals surface area (Å²) in [5.41, 5.74) is 1.67. The maximum atomic E-state index is 11.0. The molecule has 0 amide bonds. The first kappa shape index (κ1) is 12.0. The number of benzene rings is 1. The number of hydrogen-bond acceptors (Lipinski definition) is 4. The van der Waals surface area contributed by atoms with Crippen molar-refractivity contribution >= 4 is 22.2 Å². The molecule has 96 valence electrons. The number of carbonyl (C=O) groups excluding carboxylic acids is 1. The molecule has 1 aromatic carbocycles. The van der Waals surface area contributed by atoms with E-state index in [4.69, 9.17) is 9.47 Å². The zero-order chi connectivity index (χ0) is 12.5. The Morgan fingerprint density at radius 2 is 2.22 bits per heavy atom. The van der Waals surface area contributed by atoms with Crippen molar-refractivity contribution < 1.29 is 14.3 Å². The van der Waals surface area contributed by atoms with E-state index in [9.17, 15) is 4.79 Å². The lowest BCUT2D eigenvalue weighted by Gasteiger charge is -2.25. The second-order valence-electron chi connectivity index (χ2n) is 4.59. The molecule has 0 bridgehead atoms. The molecule has 2 heterocycles. The van der Waals surface area contributed by atoms with Gasteiger partial charge in [-0.1, -0.05) is 15.9 Å². The Balaban J connectivity index is 2.08. The maximum Gasteiger partial charge on any atom is 0.231 e. The Bertz CT molecular complexity index is 484. The second-order valence-corrected chi connectivity index (χ2v) is 5.44. The average Bonchev–Trinajstić information content (AvgIpc) is 2.87. The number of halogens is 1. The number of hydrogen-bond donors (Lipinski definition) is 1. The van der Waals surface area contributed by atoms with Gasteiger partial charge in [-0.25, -0.2) is 0 Å². The van der Waals surface area contributed by atoms with Gasteiger partial charge < -0.3 is 14.8 Å². The molecule has 1 saturated heterocycles. The highest BCUT2D eigenvalue weighted by atomic mass is 79.9. The topological polar surface area (TPSA) is 47.6 Å². The van der Waals surface area contributed by atoms with E-state index >= 15 is 0 Å². The number of nitrogens with one attached hydrogen (secondary N) is 1. The van der Waals surface area contributed by atoms with E-state index in [0.29, 0.717) is 17.2 Å². The first-order valence-corrected chi connectivity index (χ1v) is 6.88. The largest absolute Gasteiger partial charge is 0.453 e.